The maximum atomic E-state index is 11.6. The molecule has 3 heteroatoms. The zero-order valence-electron chi connectivity index (χ0n) is 14.6. The molecule has 1 aromatic rings. The molecule has 1 amide bonds. The van der Waals surface area contributed by atoms with Gasteiger partial charge in [0.15, 0.2) is 0 Å². The molecule has 1 rings (SSSR count). The standard InChI is InChI=1S/C20H32N2O/c1-2-3-4-5-6-7-8-9-13-16-20(23)22-21-18-17-19-14-11-10-12-15-19/h10-12,14-15,18H,2-9,13,16-17H2,1H3,(H,22,23). The molecule has 0 fully saturated rings. The largest absolute Gasteiger partial charge is 0.273 e. The number of rotatable bonds is 13. The van der Waals surface area contributed by atoms with Gasteiger partial charge in [0.25, 0.3) is 0 Å². The minimum Gasteiger partial charge on any atom is -0.273 e. The lowest BCUT2D eigenvalue weighted by Gasteiger charge is -2.02. The lowest BCUT2D eigenvalue weighted by molar-refractivity contribution is -0.121. The number of amides is 1. The molecule has 0 bridgehead atoms. The van der Waals surface area contributed by atoms with E-state index in [1.54, 1.807) is 6.21 Å². The van der Waals surface area contributed by atoms with Crippen molar-refractivity contribution in [2.45, 2.75) is 77.6 Å². The first-order valence-electron chi connectivity index (χ1n) is 9.17. The summed E-state index contributed by atoms with van der Waals surface area (Å²) in [5, 5.41) is 4.00. The lowest BCUT2D eigenvalue weighted by Crippen LogP contribution is -2.17. The van der Waals surface area contributed by atoms with Crippen LogP contribution in [0.15, 0.2) is 35.4 Å². The first kappa shape index (κ1) is 19.4. The molecule has 0 unspecified atom stereocenters. The van der Waals surface area contributed by atoms with Crippen molar-refractivity contribution in [3.8, 4) is 0 Å². The summed E-state index contributed by atoms with van der Waals surface area (Å²) in [6.45, 7) is 2.25. The van der Waals surface area contributed by atoms with Crippen molar-refractivity contribution in [1.29, 1.82) is 0 Å². The second-order valence-electron chi connectivity index (χ2n) is 6.11. The molecular formula is C20H32N2O. The topological polar surface area (TPSA) is 41.5 Å². The van der Waals surface area contributed by atoms with Gasteiger partial charge in [0.05, 0.1) is 0 Å². The lowest BCUT2D eigenvalue weighted by atomic mass is 10.1. The monoisotopic (exact) mass is 316 g/mol. The van der Waals surface area contributed by atoms with Gasteiger partial charge in [0, 0.05) is 19.1 Å². The average Bonchev–Trinajstić information content (AvgIpc) is 2.58. The predicted molar refractivity (Wildman–Crippen MR) is 98.6 cm³/mol. The number of nitrogens with one attached hydrogen (secondary N) is 1. The quantitative estimate of drug-likeness (QED) is 0.301. The first-order chi connectivity index (χ1) is 11.3. The summed E-state index contributed by atoms with van der Waals surface area (Å²) < 4.78 is 0. The Bertz CT molecular complexity index is 429. The Hall–Kier alpha value is -1.64. The van der Waals surface area contributed by atoms with Gasteiger partial charge >= 0.3 is 0 Å². The van der Waals surface area contributed by atoms with Gasteiger partial charge in [-0.05, 0) is 12.0 Å². The fraction of sp³-hybridized carbons (Fsp3) is 0.600. The van der Waals surface area contributed by atoms with Crippen LogP contribution in [0.1, 0.15) is 76.7 Å². The van der Waals surface area contributed by atoms with Crippen LogP contribution in [0.5, 0.6) is 0 Å². The Morgan fingerprint density at radius 1 is 0.957 bits per heavy atom. The smallest absolute Gasteiger partial charge is 0.240 e. The van der Waals surface area contributed by atoms with Crippen molar-refractivity contribution >= 4 is 12.1 Å². The van der Waals surface area contributed by atoms with Gasteiger partial charge in [-0.2, -0.15) is 5.10 Å². The van der Waals surface area contributed by atoms with E-state index in [0.717, 1.165) is 19.3 Å². The fourth-order valence-corrected chi connectivity index (χ4v) is 2.53. The molecule has 1 aromatic carbocycles. The van der Waals surface area contributed by atoms with Crippen molar-refractivity contribution in [2.75, 3.05) is 0 Å². The molecule has 0 atom stereocenters. The van der Waals surface area contributed by atoms with Crippen molar-refractivity contribution in [3.63, 3.8) is 0 Å². The number of hydrazone groups is 1. The highest BCUT2D eigenvalue weighted by Gasteiger charge is 1.99. The van der Waals surface area contributed by atoms with Crippen LogP contribution in [0.2, 0.25) is 0 Å². The van der Waals surface area contributed by atoms with E-state index in [0.29, 0.717) is 6.42 Å². The van der Waals surface area contributed by atoms with Crippen molar-refractivity contribution in [3.05, 3.63) is 35.9 Å². The Kier molecular flexibility index (Phi) is 11.8. The van der Waals surface area contributed by atoms with Gasteiger partial charge in [-0.3, -0.25) is 4.79 Å². The molecular weight excluding hydrogens is 284 g/mol. The summed E-state index contributed by atoms with van der Waals surface area (Å²) in [5.74, 6) is 0.0252. The summed E-state index contributed by atoms with van der Waals surface area (Å²) in [6, 6.07) is 10.1. The van der Waals surface area contributed by atoms with E-state index in [9.17, 15) is 4.79 Å². The van der Waals surface area contributed by atoms with Crippen LogP contribution >= 0.6 is 0 Å². The summed E-state index contributed by atoms with van der Waals surface area (Å²) in [4.78, 5) is 11.6. The molecule has 0 aromatic heterocycles. The van der Waals surface area contributed by atoms with Crippen LogP contribution in [0.3, 0.4) is 0 Å². The fourth-order valence-electron chi connectivity index (χ4n) is 2.53. The number of hydrogen-bond acceptors (Lipinski definition) is 2. The van der Waals surface area contributed by atoms with E-state index in [4.69, 9.17) is 0 Å². The second-order valence-corrected chi connectivity index (χ2v) is 6.11. The van der Waals surface area contributed by atoms with Gasteiger partial charge in [-0.1, -0.05) is 88.6 Å². The molecule has 3 nitrogen and oxygen atoms in total. The van der Waals surface area contributed by atoms with Gasteiger partial charge < -0.3 is 0 Å². The minimum absolute atomic E-state index is 0.0252. The Morgan fingerprint density at radius 3 is 2.22 bits per heavy atom. The third-order valence-corrected chi connectivity index (χ3v) is 3.96. The second kappa shape index (κ2) is 14.0. The Balaban J connectivity index is 1.92. The van der Waals surface area contributed by atoms with Gasteiger partial charge in [-0.15, -0.1) is 0 Å². The third kappa shape index (κ3) is 11.6. The highest BCUT2D eigenvalue weighted by atomic mass is 16.2. The summed E-state index contributed by atoms with van der Waals surface area (Å²) in [7, 11) is 0. The summed E-state index contributed by atoms with van der Waals surface area (Å²) in [5.41, 5.74) is 3.81. The zero-order valence-corrected chi connectivity index (χ0v) is 14.6. The van der Waals surface area contributed by atoms with Crippen molar-refractivity contribution < 1.29 is 4.79 Å². The molecule has 0 saturated heterocycles. The highest BCUT2D eigenvalue weighted by Crippen LogP contribution is 2.10. The minimum atomic E-state index is 0.0252. The number of nitrogens with zero attached hydrogens (tertiary/aromatic N) is 1. The van der Waals surface area contributed by atoms with Gasteiger partial charge in [0.2, 0.25) is 5.91 Å². The third-order valence-electron chi connectivity index (χ3n) is 3.96. The predicted octanol–water partition coefficient (Wildman–Crippen LogP) is 5.25. The molecule has 0 spiro atoms. The van der Waals surface area contributed by atoms with Crippen LogP contribution in [-0.4, -0.2) is 12.1 Å². The van der Waals surface area contributed by atoms with E-state index in [-0.39, 0.29) is 5.91 Å². The number of hydrogen-bond donors (Lipinski definition) is 1. The van der Waals surface area contributed by atoms with Gasteiger partial charge in [0.1, 0.15) is 0 Å². The van der Waals surface area contributed by atoms with E-state index >= 15 is 0 Å². The SMILES string of the molecule is CCCCCCCCCCCC(=O)NN=CCc1ccccc1. The Morgan fingerprint density at radius 2 is 1.57 bits per heavy atom. The first-order valence-corrected chi connectivity index (χ1v) is 9.17. The van der Waals surface area contributed by atoms with E-state index in [2.05, 4.69) is 29.6 Å². The molecule has 0 aliphatic rings. The number of carbonyl (C=O) groups excluding carboxylic acids is 1. The number of carbonyl (C=O) groups is 1. The Labute approximate surface area is 141 Å². The van der Waals surface area contributed by atoms with E-state index in [1.165, 1.54) is 50.5 Å². The maximum Gasteiger partial charge on any atom is 0.240 e. The normalized spacial score (nSPS) is 11.0. The molecule has 0 heterocycles. The van der Waals surface area contributed by atoms with Gasteiger partial charge in [-0.25, -0.2) is 5.43 Å². The molecule has 1 N–H and O–H groups in total. The average molecular weight is 316 g/mol. The van der Waals surface area contributed by atoms with Crippen LogP contribution in [0.4, 0.5) is 0 Å². The summed E-state index contributed by atoms with van der Waals surface area (Å²) >= 11 is 0. The van der Waals surface area contributed by atoms with E-state index < -0.39 is 0 Å². The van der Waals surface area contributed by atoms with Crippen molar-refractivity contribution in [2.24, 2.45) is 5.10 Å². The number of unbranched alkanes of at least 4 members (excludes halogenated alkanes) is 8. The van der Waals surface area contributed by atoms with Crippen LogP contribution < -0.4 is 5.43 Å². The molecule has 0 aliphatic carbocycles. The molecule has 0 aliphatic heterocycles. The van der Waals surface area contributed by atoms with Crippen LogP contribution in [-0.2, 0) is 11.2 Å². The van der Waals surface area contributed by atoms with Crippen molar-refractivity contribution in [1.82, 2.24) is 5.43 Å². The van der Waals surface area contributed by atoms with Crippen LogP contribution in [0.25, 0.3) is 0 Å². The summed E-state index contributed by atoms with van der Waals surface area (Å²) in [6.07, 6.45) is 14.5. The maximum absolute atomic E-state index is 11.6. The molecule has 23 heavy (non-hydrogen) atoms. The number of benzene rings is 1. The molecule has 128 valence electrons. The highest BCUT2D eigenvalue weighted by molar-refractivity contribution is 5.76. The van der Waals surface area contributed by atoms with E-state index in [1.807, 2.05) is 18.2 Å². The van der Waals surface area contributed by atoms with Crippen LogP contribution in [0, 0.1) is 0 Å². The zero-order chi connectivity index (χ0) is 16.6. The molecule has 0 saturated carbocycles. The molecule has 0 radical (unpaired) electrons.